The molecule has 2 aromatic heterocycles. The zero-order valence-corrected chi connectivity index (χ0v) is 15.4. The molecule has 3 aromatic rings. The van der Waals surface area contributed by atoms with E-state index in [0.29, 0.717) is 37.1 Å². The molecule has 0 unspecified atom stereocenters. The van der Waals surface area contributed by atoms with Gasteiger partial charge in [-0.15, -0.1) is 13.2 Å². The van der Waals surface area contributed by atoms with Crippen molar-refractivity contribution in [2.45, 2.75) is 6.36 Å². The van der Waals surface area contributed by atoms with E-state index in [1.54, 1.807) is 24.5 Å². The summed E-state index contributed by atoms with van der Waals surface area (Å²) < 4.78 is 47.0. The first-order valence-corrected chi connectivity index (χ1v) is 8.99. The Bertz CT molecular complexity index is 1120. The highest BCUT2D eigenvalue weighted by Crippen LogP contribution is 2.34. The van der Waals surface area contributed by atoms with E-state index in [1.165, 1.54) is 24.3 Å². The lowest BCUT2D eigenvalue weighted by atomic mass is 10.1. The highest BCUT2D eigenvalue weighted by Gasteiger charge is 2.31. The molecule has 5 nitrogen and oxygen atoms in total. The molecule has 4 rings (SSSR count). The van der Waals surface area contributed by atoms with Crippen LogP contribution in [0.3, 0.4) is 0 Å². The lowest BCUT2D eigenvalue weighted by Crippen LogP contribution is -2.17. The van der Waals surface area contributed by atoms with Gasteiger partial charge in [0.15, 0.2) is 0 Å². The standard InChI is InChI=1S/C18H9F3N2O3S2/c19-18(20,21)26-11-3-1-9(2-4-11)13-8-22-7-10-5-12(25-15(10)13)6-14-16(24)23-17(27)28-14/h1-8H,(H,23,24,27). The fourth-order valence-electron chi connectivity index (χ4n) is 2.65. The number of nitrogens with zero attached hydrogens (tertiary/aromatic N) is 1. The van der Waals surface area contributed by atoms with Crippen molar-refractivity contribution in [1.29, 1.82) is 0 Å². The Morgan fingerprint density at radius 1 is 1.21 bits per heavy atom. The average Bonchev–Trinajstić information content (AvgIpc) is 3.16. The Morgan fingerprint density at radius 3 is 2.61 bits per heavy atom. The maximum absolute atomic E-state index is 12.3. The molecule has 1 fully saturated rings. The lowest BCUT2D eigenvalue weighted by Gasteiger charge is -2.09. The molecule has 28 heavy (non-hydrogen) atoms. The quantitative estimate of drug-likeness (QED) is 0.479. The van der Waals surface area contributed by atoms with Crippen molar-refractivity contribution in [2.75, 3.05) is 0 Å². The number of hydrogen-bond donors (Lipinski definition) is 1. The zero-order valence-electron chi connectivity index (χ0n) is 13.7. The van der Waals surface area contributed by atoms with Crippen molar-refractivity contribution in [3.05, 3.63) is 53.4 Å². The van der Waals surface area contributed by atoms with Gasteiger partial charge in [0, 0.05) is 29.4 Å². The van der Waals surface area contributed by atoms with Crippen LogP contribution >= 0.6 is 24.0 Å². The number of halogens is 3. The number of aromatic nitrogens is 1. The summed E-state index contributed by atoms with van der Waals surface area (Å²) in [5.41, 5.74) is 1.70. The van der Waals surface area contributed by atoms with Crippen LogP contribution < -0.4 is 10.1 Å². The van der Waals surface area contributed by atoms with Crippen LogP contribution in [0.5, 0.6) is 5.75 Å². The Hall–Kier alpha value is -2.85. The van der Waals surface area contributed by atoms with Crippen molar-refractivity contribution in [2.24, 2.45) is 0 Å². The molecule has 1 N–H and O–H groups in total. The molecule has 0 saturated carbocycles. The highest BCUT2D eigenvalue weighted by atomic mass is 32.2. The van der Waals surface area contributed by atoms with Crippen LogP contribution in [-0.4, -0.2) is 21.6 Å². The molecule has 1 aliphatic heterocycles. The van der Waals surface area contributed by atoms with Crippen molar-refractivity contribution < 1.29 is 27.1 Å². The van der Waals surface area contributed by atoms with E-state index in [-0.39, 0.29) is 11.7 Å². The van der Waals surface area contributed by atoms with Crippen LogP contribution in [0.15, 0.2) is 52.0 Å². The first-order chi connectivity index (χ1) is 13.3. The third-order valence-electron chi connectivity index (χ3n) is 3.76. The fraction of sp³-hybridized carbons (Fsp3) is 0.0556. The van der Waals surface area contributed by atoms with E-state index < -0.39 is 6.36 Å². The summed E-state index contributed by atoms with van der Waals surface area (Å²) in [6.07, 6.45) is -0.0325. The number of alkyl halides is 3. The van der Waals surface area contributed by atoms with Gasteiger partial charge in [0.1, 0.15) is 21.4 Å². The summed E-state index contributed by atoms with van der Waals surface area (Å²) in [6, 6.07) is 7.12. The largest absolute Gasteiger partial charge is 0.573 e. The molecule has 0 radical (unpaired) electrons. The summed E-state index contributed by atoms with van der Waals surface area (Å²) in [4.78, 5) is 16.3. The summed E-state index contributed by atoms with van der Waals surface area (Å²) >= 11 is 6.09. The van der Waals surface area contributed by atoms with E-state index in [4.69, 9.17) is 16.6 Å². The number of ether oxygens (including phenoxy) is 1. The molecule has 142 valence electrons. The number of carbonyl (C=O) groups is 1. The summed E-state index contributed by atoms with van der Waals surface area (Å²) in [5.74, 6) is -0.181. The second-order valence-corrected chi connectivity index (χ2v) is 7.40. The maximum Gasteiger partial charge on any atom is 0.573 e. The van der Waals surface area contributed by atoms with E-state index in [0.717, 1.165) is 11.8 Å². The molecule has 1 amide bonds. The van der Waals surface area contributed by atoms with Crippen molar-refractivity contribution in [3.63, 3.8) is 0 Å². The zero-order chi connectivity index (χ0) is 19.9. The highest BCUT2D eigenvalue weighted by molar-refractivity contribution is 8.26. The van der Waals surface area contributed by atoms with Gasteiger partial charge >= 0.3 is 6.36 Å². The number of hydrogen-bond acceptors (Lipinski definition) is 6. The molecule has 0 spiro atoms. The first kappa shape index (κ1) is 18.5. The number of amides is 1. The molecule has 1 saturated heterocycles. The van der Waals surface area contributed by atoms with E-state index >= 15 is 0 Å². The molecule has 0 atom stereocenters. The van der Waals surface area contributed by atoms with Crippen LogP contribution in [0.1, 0.15) is 5.76 Å². The summed E-state index contributed by atoms with van der Waals surface area (Å²) in [5, 5.41) is 3.21. The number of furan rings is 1. The Labute approximate surface area is 165 Å². The summed E-state index contributed by atoms with van der Waals surface area (Å²) in [7, 11) is 0. The minimum absolute atomic E-state index is 0.297. The Morgan fingerprint density at radius 2 is 1.96 bits per heavy atom. The smallest absolute Gasteiger partial charge is 0.456 e. The number of benzene rings is 1. The third-order valence-corrected chi connectivity index (χ3v) is 4.92. The number of fused-ring (bicyclic) bond motifs is 1. The monoisotopic (exact) mass is 422 g/mol. The second-order valence-electron chi connectivity index (χ2n) is 5.68. The maximum atomic E-state index is 12.3. The third kappa shape index (κ3) is 3.87. The molecular weight excluding hydrogens is 413 g/mol. The minimum Gasteiger partial charge on any atom is -0.456 e. The van der Waals surface area contributed by atoms with Crippen molar-refractivity contribution >= 4 is 51.3 Å². The second kappa shape index (κ2) is 6.95. The number of thiocarbonyl (C=S) groups is 1. The van der Waals surface area contributed by atoms with Gasteiger partial charge in [-0.3, -0.25) is 9.78 Å². The SMILES string of the molecule is O=C1NC(=S)SC1=Cc1cc2cncc(-c3ccc(OC(F)(F)F)cc3)c2o1. The molecule has 0 aliphatic carbocycles. The van der Waals surface area contributed by atoms with Crippen LogP contribution in [0, 0.1) is 0 Å². The van der Waals surface area contributed by atoms with Gasteiger partial charge in [0.2, 0.25) is 0 Å². The van der Waals surface area contributed by atoms with Crippen LogP contribution in [0.4, 0.5) is 13.2 Å². The first-order valence-electron chi connectivity index (χ1n) is 7.77. The Kier molecular flexibility index (Phi) is 4.60. The number of pyridine rings is 1. The van der Waals surface area contributed by atoms with Gasteiger partial charge in [0.25, 0.3) is 5.91 Å². The van der Waals surface area contributed by atoms with Gasteiger partial charge in [-0.1, -0.05) is 36.1 Å². The van der Waals surface area contributed by atoms with Gasteiger partial charge in [-0.2, -0.15) is 0 Å². The van der Waals surface area contributed by atoms with Gasteiger partial charge in [-0.25, -0.2) is 0 Å². The van der Waals surface area contributed by atoms with E-state index in [9.17, 15) is 18.0 Å². The fourth-order valence-corrected chi connectivity index (χ4v) is 3.67. The number of thioether (sulfide) groups is 1. The topological polar surface area (TPSA) is 64.4 Å². The Balaban J connectivity index is 1.69. The summed E-state index contributed by atoms with van der Waals surface area (Å²) in [6.45, 7) is 0. The number of rotatable bonds is 3. The van der Waals surface area contributed by atoms with Gasteiger partial charge in [-0.05, 0) is 23.8 Å². The van der Waals surface area contributed by atoms with E-state index in [1.807, 2.05) is 0 Å². The predicted molar refractivity (Wildman–Crippen MR) is 102 cm³/mol. The lowest BCUT2D eigenvalue weighted by molar-refractivity contribution is -0.274. The molecule has 0 bridgehead atoms. The van der Waals surface area contributed by atoms with Crippen LogP contribution in [0.2, 0.25) is 0 Å². The molecule has 10 heteroatoms. The van der Waals surface area contributed by atoms with Crippen molar-refractivity contribution in [3.8, 4) is 16.9 Å². The minimum atomic E-state index is -4.75. The number of nitrogens with one attached hydrogen (secondary N) is 1. The molecular formula is C18H9F3N2O3S2. The van der Waals surface area contributed by atoms with Crippen molar-refractivity contribution in [1.82, 2.24) is 10.3 Å². The number of carbonyl (C=O) groups excluding carboxylic acids is 1. The molecule has 1 aliphatic rings. The van der Waals surface area contributed by atoms with E-state index in [2.05, 4.69) is 15.0 Å². The normalized spacial score (nSPS) is 16.0. The van der Waals surface area contributed by atoms with Crippen LogP contribution in [0.25, 0.3) is 28.2 Å². The molecule has 3 heterocycles. The van der Waals surface area contributed by atoms with Crippen LogP contribution in [-0.2, 0) is 4.79 Å². The van der Waals surface area contributed by atoms with Gasteiger partial charge in [0.05, 0.1) is 4.91 Å². The van der Waals surface area contributed by atoms with Gasteiger partial charge < -0.3 is 14.5 Å². The molecule has 1 aromatic carbocycles. The predicted octanol–water partition coefficient (Wildman–Crippen LogP) is 4.88. The average molecular weight is 422 g/mol.